The number of aliphatic hydroxyl groups excluding tert-OH is 9. The second-order valence-electron chi connectivity index (χ2n) is 17.8. The minimum absolute atomic E-state index is 0.0949. The van der Waals surface area contributed by atoms with Gasteiger partial charge in [-0.05, 0) is 33.1 Å². The van der Waals surface area contributed by atoms with E-state index in [0.29, 0.717) is 0 Å². The summed E-state index contributed by atoms with van der Waals surface area (Å²) >= 11 is 0. The number of cyclic esters (lactones) is 1. The number of hydrogen-bond donors (Lipinski definition) is 11. The average molecular weight is 938 g/mol. The molecule has 66 heavy (non-hydrogen) atoms. The highest BCUT2D eigenvalue weighted by Gasteiger charge is 2.51. The summed E-state index contributed by atoms with van der Waals surface area (Å²) in [5.74, 6) is -5.93. The SMILES string of the molecule is COC(=O)C1[C@@H]2CC(OC3O[C@H](C)[C@@H](O)[C@H](N)[C@H]3O)/C=C/C=C/C=C/C=C/C=C/C=C/C=C/[C@H](C)C(O)[C@@H](C)[C@H](C)OC(=O)CC(O)CC(O)CCC(O)C(O)CC(O)CC(O)(C[C@@H]1O)O2. The van der Waals surface area contributed by atoms with Crippen LogP contribution in [0.3, 0.4) is 0 Å². The Kier molecular flexibility index (Phi) is 24.3. The molecule has 19 atom stereocenters. The van der Waals surface area contributed by atoms with Gasteiger partial charge in [-0.25, -0.2) is 0 Å². The second-order valence-corrected chi connectivity index (χ2v) is 17.8. The van der Waals surface area contributed by atoms with E-state index in [-0.39, 0.29) is 31.6 Å². The van der Waals surface area contributed by atoms with Gasteiger partial charge in [0.05, 0.1) is 86.7 Å². The predicted molar refractivity (Wildman–Crippen MR) is 241 cm³/mol. The smallest absolute Gasteiger partial charge is 0.313 e. The first kappa shape index (κ1) is 56.9. The maximum atomic E-state index is 13.1. The van der Waals surface area contributed by atoms with Crippen molar-refractivity contribution in [3.63, 3.8) is 0 Å². The molecule has 2 bridgehead atoms. The molecule has 2 fully saturated rings. The highest BCUT2D eigenvalue weighted by molar-refractivity contribution is 5.74. The summed E-state index contributed by atoms with van der Waals surface area (Å²) in [6.07, 6.45) is 4.50. The highest BCUT2D eigenvalue weighted by Crippen LogP contribution is 2.38. The van der Waals surface area contributed by atoms with Crippen LogP contribution in [-0.2, 0) is 33.3 Å². The molecule has 0 aromatic heterocycles. The fraction of sp³-hybridized carbons (Fsp3) is 0.667. The van der Waals surface area contributed by atoms with Crippen LogP contribution < -0.4 is 5.73 Å². The lowest BCUT2D eigenvalue weighted by Crippen LogP contribution is -2.61. The molecular formula is C48H75NO17. The number of aliphatic hydroxyl groups is 10. The number of allylic oxidation sites excluding steroid dienone is 12. The number of carbonyl (C=O) groups is 2. The predicted octanol–water partition coefficient (Wildman–Crippen LogP) is 0.800. The molecule has 12 N–H and O–H groups in total. The van der Waals surface area contributed by atoms with Crippen LogP contribution in [0.15, 0.2) is 85.1 Å². The lowest BCUT2D eigenvalue weighted by molar-refractivity contribution is -0.308. The normalized spacial score (nSPS) is 44.9. The van der Waals surface area contributed by atoms with Crippen LogP contribution >= 0.6 is 0 Å². The van der Waals surface area contributed by atoms with Crippen LogP contribution in [-0.4, -0.2) is 168 Å². The van der Waals surface area contributed by atoms with E-state index in [1.165, 1.54) is 0 Å². The Bertz CT molecular complexity index is 1680. The zero-order valence-electron chi connectivity index (χ0n) is 38.5. The molecule has 3 aliphatic heterocycles. The Balaban J connectivity index is 1.88. The van der Waals surface area contributed by atoms with Gasteiger partial charge in [-0.1, -0.05) is 98.9 Å². The van der Waals surface area contributed by atoms with Crippen molar-refractivity contribution in [3.8, 4) is 0 Å². The largest absolute Gasteiger partial charge is 0.469 e. The van der Waals surface area contributed by atoms with Gasteiger partial charge in [-0.2, -0.15) is 0 Å². The van der Waals surface area contributed by atoms with E-state index in [1.807, 2.05) is 37.3 Å². The van der Waals surface area contributed by atoms with Crippen LogP contribution in [0.5, 0.6) is 0 Å². The minimum Gasteiger partial charge on any atom is -0.469 e. The molecule has 10 unspecified atom stereocenters. The zero-order chi connectivity index (χ0) is 49.1. The van der Waals surface area contributed by atoms with Gasteiger partial charge in [0.2, 0.25) is 0 Å². The third-order valence-corrected chi connectivity index (χ3v) is 12.2. The minimum atomic E-state index is -2.27. The summed E-state index contributed by atoms with van der Waals surface area (Å²) in [4.78, 5) is 25.7. The van der Waals surface area contributed by atoms with Crippen molar-refractivity contribution in [1.29, 1.82) is 0 Å². The van der Waals surface area contributed by atoms with Crippen molar-refractivity contribution < 1.29 is 84.3 Å². The maximum absolute atomic E-state index is 13.1. The summed E-state index contributed by atoms with van der Waals surface area (Å²) in [5, 5.41) is 109. The number of ether oxygens (including phenoxy) is 5. The molecule has 18 nitrogen and oxygen atoms in total. The van der Waals surface area contributed by atoms with E-state index in [0.717, 1.165) is 7.11 Å². The Labute approximate surface area is 387 Å². The van der Waals surface area contributed by atoms with Crippen molar-refractivity contribution in [2.24, 2.45) is 23.5 Å². The Morgan fingerprint density at radius 3 is 1.83 bits per heavy atom. The van der Waals surface area contributed by atoms with E-state index < -0.39 is 147 Å². The fourth-order valence-electron chi connectivity index (χ4n) is 8.09. The highest BCUT2D eigenvalue weighted by atomic mass is 16.7. The first-order valence-electron chi connectivity index (χ1n) is 22.7. The monoisotopic (exact) mass is 938 g/mol. The third kappa shape index (κ3) is 18.6. The molecule has 18 heteroatoms. The van der Waals surface area contributed by atoms with E-state index in [4.69, 9.17) is 29.4 Å². The van der Waals surface area contributed by atoms with Gasteiger partial charge >= 0.3 is 11.9 Å². The number of carbonyl (C=O) groups excluding carboxylic acids is 2. The lowest BCUT2D eigenvalue weighted by atomic mass is 9.82. The van der Waals surface area contributed by atoms with Crippen LogP contribution in [0.2, 0.25) is 0 Å². The van der Waals surface area contributed by atoms with Crippen LogP contribution in [0.25, 0.3) is 0 Å². The average Bonchev–Trinajstić information content (AvgIpc) is 3.24. The Morgan fingerprint density at radius 2 is 1.24 bits per heavy atom. The summed E-state index contributed by atoms with van der Waals surface area (Å²) in [5.41, 5.74) is 6.05. The van der Waals surface area contributed by atoms with E-state index in [2.05, 4.69) is 0 Å². The maximum Gasteiger partial charge on any atom is 0.313 e. The number of esters is 2. The van der Waals surface area contributed by atoms with Gasteiger partial charge in [0.15, 0.2) is 12.1 Å². The number of methoxy groups -OCH3 is 1. The van der Waals surface area contributed by atoms with E-state index in [9.17, 15) is 60.7 Å². The van der Waals surface area contributed by atoms with Crippen LogP contribution in [0, 0.1) is 17.8 Å². The van der Waals surface area contributed by atoms with Crippen LogP contribution in [0.4, 0.5) is 0 Å². The van der Waals surface area contributed by atoms with Crippen molar-refractivity contribution >= 4 is 11.9 Å². The molecule has 0 aromatic rings. The standard InChI is InChI=1S/C48H75NO17/c1-28-18-16-14-12-10-8-6-7-9-11-13-15-17-19-35(65-47-45(59)42(49)44(58)31(4)64-47)25-39-41(46(60)62-5)38(55)27-48(61,66-39)26-34(52)23-37(54)36(53)21-20-32(50)22-33(51)24-40(56)63-30(3)29(2)43(28)57/h6-19,28-39,41-45,47,50-55,57-59,61H,20-27,49H2,1-5H3/b7-6+,10-8+,11-9+,14-12+,15-13+,18-16+,19-17+/t28-,29-,30-,31+,32?,33?,34?,35?,36?,37?,38-,39-,41?,42-,43?,44+,45+,47?,48?/m0/s1. The van der Waals surface area contributed by atoms with Crippen molar-refractivity contribution in [2.75, 3.05) is 7.11 Å². The topological polar surface area (TPSA) is 309 Å². The molecule has 3 aliphatic rings. The molecular weight excluding hydrogens is 863 g/mol. The van der Waals surface area contributed by atoms with Crippen molar-refractivity contribution in [3.05, 3.63) is 85.1 Å². The van der Waals surface area contributed by atoms with Gasteiger partial charge in [-0.3, -0.25) is 9.59 Å². The number of rotatable bonds is 3. The number of fused-ring (bicyclic) bond motifs is 2. The zero-order valence-corrected chi connectivity index (χ0v) is 38.5. The molecule has 0 radical (unpaired) electrons. The van der Waals surface area contributed by atoms with Gasteiger partial charge in [0.1, 0.15) is 18.1 Å². The molecule has 0 aromatic carbocycles. The molecule has 0 aliphatic carbocycles. The summed E-state index contributed by atoms with van der Waals surface area (Å²) < 4.78 is 28.4. The summed E-state index contributed by atoms with van der Waals surface area (Å²) in [6, 6.07) is -1.13. The third-order valence-electron chi connectivity index (χ3n) is 12.2. The van der Waals surface area contributed by atoms with Gasteiger partial charge in [-0.15, -0.1) is 0 Å². The van der Waals surface area contributed by atoms with E-state index >= 15 is 0 Å². The Hall–Kier alpha value is -3.44. The van der Waals surface area contributed by atoms with Gasteiger partial charge in [0, 0.05) is 37.5 Å². The van der Waals surface area contributed by atoms with Gasteiger partial charge < -0.3 is 80.5 Å². The number of nitrogens with two attached hydrogens (primary N) is 1. The van der Waals surface area contributed by atoms with E-state index in [1.54, 1.807) is 75.5 Å². The molecule has 0 saturated carbocycles. The van der Waals surface area contributed by atoms with Crippen molar-refractivity contribution in [1.82, 2.24) is 0 Å². The van der Waals surface area contributed by atoms with Gasteiger partial charge in [0.25, 0.3) is 0 Å². The summed E-state index contributed by atoms with van der Waals surface area (Å²) in [6.45, 7) is 6.78. The molecule has 0 amide bonds. The molecule has 3 rings (SSSR count). The summed E-state index contributed by atoms with van der Waals surface area (Å²) in [7, 11) is 1.12. The second kappa shape index (κ2) is 28.1. The quantitative estimate of drug-likeness (QED) is 0.174. The molecule has 2 saturated heterocycles. The number of hydrogen-bond acceptors (Lipinski definition) is 18. The first-order chi connectivity index (χ1) is 31.2. The fourth-order valence-corrected chi connectivity index (χ4v) is 8.09. The molecule has 374 valence electrons. The van der Waals surface area contributed by atoms with Crippen LogP contribution in [0.1, 0.15) is 79.1 Å². The first-order valence-corrected chi connectivity index (χ1v) is 22.7. The molecule has 0 spiro atoms. The lowest BCUT2D eigenvalue weighted by Gasteiger charge is -2.45. The Morgan fingerprint density at radius 1 is 0.667 bits per heavy atom. The molecule has 3 heterocycles. The van der Waals surface area contributed by atoms with Crippen molar-refractivity contribution in [2.45, 2.75) is 177 Å².